The van der Waals surface area contributed by atoms with E-state index in [0.717, 1.165) is 5.56 Å². The van der Waals surface area contributed by atoms with Crippen LogP contribution in [0.5, 0.6) is 0 Å². The van der Waals surface area contributed by atoms with Gasteiger partial charge in [0.15, 0.2) is 0 Å². The molecule has 1 unspecified atom stereocenters. The Morgan fingerprint density at radius 1 is 1.11 bits per heavy atom. The molecule has 13 heteroatoms. The second-order valence-corrected chi connectivity index (χ2v) is 13.9. The molecule has 11 nitrogen and oxygen atoms in total. The fraction of sp³-hybridized carbons (Fsp3) is 0.387. The van der Waals surface area contributed by atoms with E-state index < -0.39 is 18.1 Å². The van der Waals surface area contributed by atoms with Crippen molar-refractivity contribution in [3.63, 3.8) is 0 Å². The first-order valence-electron chi connectivity index (χ1n) is 14.2. The molecule has 3 N–H and O–H groups in total. The molecule has 1 fully saturated rings. The van der Waals surface area contributed by atoms with E-state index in [0.29, 0.717) is 35.4 Å². The number of hydrogen-bond acceptors (Lipinski definition) is 8. The van der Waals surface area contributed by atoms with E-state index in [1.807, 2.05) is 44.2 Å². The summed E-state index contributed by atoms with van der Waals surface area (Å²) in [7, 11) is 2.94. The maximum absolute atomic E-state index is 13.1. The molecule has 3 atom stereocenters. The van der Waals surface area contributed by atoms with Crippen LogP contribution in [0.3, 0.4) is 0 Å². The van der Waals surface area contributed by atoms with Crippen LogP contribution in [0.4, 0.5) is 10.5 Å². The lowest BCUT2D eigenvalue weighted by atomic mass is 10.0. The lowest BCUT2D eigenvalue weighted by molar-refractivity contribution is -0.144. The minimum Gasteiger partial charge on any atom is -0.480 e. The highest BCUT2D eigenvalue weighted by molar-refractivity contribution is 8.77. The monoisotopic (exact) mass is 640 g/mol. The first kappa shape index (κ1) is 32.9. The lowest BCUT2D eigenvalue weighted by Gasteiger charge is -2.31. The Hall–Kier alpha value is -3.97. The van der Waals surface area contributed by atoms with Crippen LogP contribution < -0.4 is 10.6 Å². The molecule has 1 saturated heterocycles. The van der Waals surface area contributed by atoms with E-state index in [1.165, 1.54) is 31.4 Å². The van der Waals surface area contributed by atoms with Crippen molar-refractivity contribution in [3.05, 3.63) is 77.5 Å². The Morgan fingerprint density at radius 2 is 1.84 bits per heavy atom. The number of amides is 4. The molecule has 2 aromatic rings. The molecule has 4 rings (SSSR count). The molecule has 0 bridgehead atoms. The van der Waals surface area contributed by atoms with E-state index in [2.05, 4.69) is 17.2 Å². The quantitative estimate of drug-likeness (QED) is 0.267. The summed E-state index contributed by atoms with van der Waals surface area (Å²) in [5, 5.41) is 14.5. The van der Waals surface area contributed by atoms with Gasteiger partial charge in [-0.2, -0.15) is 0 Å². The fourth-order valence-corrected chi connectivity index (χ4v) is 7.17. The molecule has 0 radical (unpaired) electrons. The number of rotatable bonds is 13. The van der Waals surface area contributed by atoms with Crippen molar-refractivity contribution in [2.24, 2.45) is 0 Å². The molecule has 0 aliphatic carbocycles. The number of piperidine rings is 1. The number of ether oxygens (including phenoxy) is 1. The van der Waals surface area contributed by atoms with Crippen LogP contribution in [0.25, 0.3) is 0 Å². The predicted molar refractivity (Wildman–Crippen MR) is 170 cm³/mol. The predicted octanol–water partition coefficient (Wildman–Crippen LogP) is 4.65. The summed E-state index contributed by atoms with van der Waals surface area (Å²) in [6, 6.07) is 13.7. The number of benzene rings is 2. The minimum absolute atomic E-state index is 0.0964. The highest BCUT2D eigenvalue weighted by Gasteiger charge is 2.39. The number of carboxylic acids is 1. The van der Waals surface area contributed by atoms with Gasteiger partial charge in [0.25, 0.3) is 5.91 Å². The number of hydrogen-bond donors (Lipinski definition) is 3. The summed E-state index contributed by atoms with van der Waals surface area (Å²) in [6.07, 6.45) is 0.582. The Labute approximate surface area is 264 Å². The molecule has 2 aromatic carbocycles. The lowest BCUT2D eigenvalue weighted by Crippen LogP contribution is -2.49. The highest BCUT2D eigenvalue weighted by Crippen LogP contribution is 2.34. The van der Waals surface area contributed by atoms with Gasteiger partial charge in [0, 0.05) is 52.5 Å². The van der Waals surface area contributed by atoms with Crippen molar-refractivity contribution in [1.29, 1.82) is 0 Å². The molecule has 2 heterocycles. The minimum atomic E-state index is -1.07. The van der Waals surface area contributed by atoms with Gasteiger partial charge in [-0.15, -0.1) is 0 Å². The number of anilines is 1. The number of carboxylic acid groups (broad SMARTS) is 1. The largest absolute Gasteiger partial charge is 0.480 e. The number of aliphatic carboxylic acids is 1. The summed E-state index contributed by atoms with van der Waals surface area (Å²) in [6.45, 7) is 7.73. The molecular weight excluding hydrogens is 604 g/mol. The molecule has 2 aliphatic heterocycles. The zero-order chi connectivity index (χ0) is 31.8. The van der Waals surface area contributed by atoms with Crippen LogP contribution in [0.2, 0.25) is 0 Å². The van der Waals surface area contributed by atoms with Gasteiger partial charge in [-0.1, -0.05) is 71.5 Å². The normalized spacial score (nSPS) is 17.4. The number of fused-ring (bicyclic) bond motifs is 1. The van der Waals surface area contributed by atoms with Crippen molar-refractivity contribution in [2.75, 3.05) is 18.5 Å². The average Bonchev–Trinajstić information content (AvgIpc) is 3.31. The molecule has 44 heavy (non-hydrogen) atoms. The second-order valence-electron chi connectivity index (χ2n) is 10.8. The first-order valence-corrected chi connectivity index (χ1v) is 16.5. The Balaban J connectivity index is 1.23. The first-order chi connectivity index (χ1) is 21.0. The number of nitrogens with zero attached hydrogens (tertiary/aromatic N) is 2. The van der Waals surface area contributed by atoms with Crippen molar-refractivity contribution < 1.29 is 33.8 Å². The number of nitrogens with one attached hydrogen (secondary N) is 2. The number of allylic oxidation sites excluding steroid dienone is 1. The maximum Gasteiger partial charge on any atom is 0.411 e. The van der Waals surface area contributed by atoms with Crippen LogP contribution in [0.1, 0.15) is 54.6 Å². The van der Waals surface area contributed by atoms with Crippen LogP contribution in [0, 0.1) is 0 Å². The fourth-order valence-electron chi connectivity index (χ4n) is 4.95. The standard InChI is InChI=1S/C31H36N4O7S2/c1-19-12-13-26(29(39)32-19)35-16-24-23(30(35)40)10-7-11-25(24)33-31(41)42-18-21(3)44-43-20(2)14-27(36)34(17-28(37)38)15-22-8-5-4-6-9-22/h4-11,20-21,26H,1,12-18H2,2-3H3,(H,32,39)(H,33,41)(H,37,38)/t20-,21-,26?/m1/s1. The van der Waals surface area contributed by atoms with Crippen LogP contribution >= 0.6 is 21.6 Å². The topological polar surface area (TPSA) is 145 Å². The molecule has 0 spiro atoms. The second kappa shape index (κ2) is 15.2. The molecule has 2 aliphatic rings. The SMILES string of the molecule is C=C1CCC(N2Cc3c(NC(=O)OC[C@@H](C)SS[C@H](C)CC(=O)N(CC(=O)O)Cc4ccccc4)cccc3C2=O)C(=O)N1. The van der Waals surface area contributed by atoms with Gasteiger partial charge in [0.1, 0.15) is 19.2 Å². The van der Waals surface area contributed by atoms with Gasteiger partial charge >= 0.3 is 12.1 Å². The zero-order valence-electron chi connectivity index (χ0n) is 24.6. The van der Waals surface area contributed by atoms with Crippen molar-refractivity contribution in [2.45, 2.75) is 62.7 Å². The van der Waals surface area contributed by atoms with Gasteiger partial charge in [0.05, 0.1) is 0 Å². The van der Waals surface area contributed by atoms with Crippen molar-refractivity contribution >= 4 is 57.1 Å². The highest BCUT2D eigenvalue weighted by atomic mass is 33.1. The summed E-state index contributed by atoms with van der Waals surface area (Å²) >= 11 is 0. The smallest absolute Gasteiger partial charge is 0.411 e. The van der Waals surface area contributed by atoms with Gasteiger partial charge < -0.3 is 25.0 Å². The average molecular weight is 641 g/mol. The van der Waals surface area contributed by atoms with E-state index >= 15 is 0 Å². The molecule has 0 saturated carbocycles. The summed E-state index contributed by atoms with van der Waals surface area (Å²) in [5.74, 6) is -1.84. The maximum atomic E-state index is 13.1. The van der Waals surface area contributed by atoms with Crippen LogP contribution in [-0.4, -0.2) is 74.4 Å². The molecule has 234 valence electrons. The van der Waals surface area contributed by atoms with Gasteiger partial charge in [-0.05, 0) is 37.5 Å². The van der Waals surface area contributed by atoms with Gasteiger partial charge in [-0.3, -0.25) is 24.5 Å². The van der Waals surface area contributed by atoms with E-state index in [9.17, 15) is 29.1 Å². The van der Waals surface area contributed by atoms with E-state index in [4.69, 9.17) is 4.74 Å². The number of carbonyl (C=O) groups is 5. The Morgan fingerprint density at radius 3 is 2.55 bits per heavy atom. The third-order valence-electron chi connectivity index (χ3n) is 7.12. The Kier molecular flexibility index (Phi) is 11.3. The van der Waals surface area contributed by atoms with E-state index in [-0.39, 0.29) is 60.9 Å². The van der Waals surface area contributed by atoms with Crippen LogP contribution in [0.15, 0.2) is 60.8 Å². The van der Waals surface area contributed by atoms with Gasteiger partial charge in [0.2, 0.25) is 11.8 Å². The third kappa shape index (κ3) is 8.79. The Bertz CT molecular complexity index is 1420. The molecule has 0 aromatic heterocycles. The number of carbonyl (C=O) groups excluding carboxylic acids is 4. The zero-order valence-corrected chi connectivity index (χ0v) is 26.2. The van der Waals surface area contributed by atoms with Crippen molar-refractivity contribution in [1.82, 2.24) is 15.1 Å². The molecule has 4 amide bonds. The van der Waals surface area contributed by atoms with Gasteiger partial charge in [-0.25, -0.2) is 4.79 Å². The summed E-state index contributed by atoms with van der Waals surface area (Å²) in [5.41, 5.74) is 3.01. The summed E-state index contributed by atoms with van der Waals surface area (Å²) < 4.78 is 5.43. The van der Waals surface area contributed by atoms with Crippen molar-refractivity contribution in [3.8, 4) is 0 Å². The van der Waals surface area contributed by atoms with E-state index in [1.54, 1.807) is 18.2 Å². The molecular formula is C31H36N4O7S2. The van der Waals surface area contributed by atoms with Crippen LogP contribution in [-0.2, 0) is 32.2 Å². The summed E-state index contributed by atoms with van der Waals surface area (Å²) in [4.78, 5) is 65.3. The third-order valence-corrected chi connectivity index (χ3v) is 10.5.